The maximum atomic E-state index is 6.39. The fourth-order valence-corrected chi connectivity index (χ4v) is 9.10. The Morgan fingerprint density at radius 3 is 1.63 bits per heavy atom. The Labute approximate surface area is 401 Å². The first-order valence-corrected chi connectivity index (χ1v) is 22.0. The molecular weight excluding hydrogens is 1010 g/mol. The van der Waals surface area contributed by atoms with Crippen molar-refractivity contribution in [2.45, 2.75) is 13.1 Å². The van der Waals surface area contributed by atoms with Crippen LogP contribution in [0.15, 0.2) is 219 Å². The first-order valence-electron chi connectivity index (χ1n) is 22.0. The molecular formula is C58H40N6O2Pt+2. The van der Waals surface area contributed by atoms with Gasteiger partial charge in [0.2, 0.25) is 5.69 Å². The summed E-state index contributed by atoms with van der Waals surface area (Å²) in [7, 11) is 0. The van der Waals surface area contributed by atoms with Crippen LogP contribution in [0.25, 0.3) is 66.5 Å². The van der Waals surface area contributed by atoms with E-state index in [1.807, 2.05) is 103 Å². The average molecular weight is 1050 g/mol. The molecule has 0 amide bonds. The summed E-state index contributed by atoms with van der Waals surface area (Å²) in [5.74, 6) is 4.77. The van der Waals surface area contributed by atoms with Crippen LogP contribution in [0.3, 0.4) is 0 Å². The second-order valence-electron chi connectivity index (χ2n) is 16.1. The smallest absolute Gasteiger partial charge is 0.509 e. The summed E-state index contributed by atoms with van der Waals surface area (Å²) < 4.78 is 20.8. The molecule has 0 saturated heterocycles. The zero-order valence-corrected chi connectivity index (χ0v) is 38.3. The van der Waals surface area contributed by atoms with Gasteiger partial charge in [0.25, 0.3) is 0 Å². The van der Waals surface area contributed by atoms with E-state index < -0.39 is 0 Å². The van der Waals surface area contributed by atoms with Gasteiger partial charge in [0, 0.05) is 58.7 Å². The van der Waals surface area contributed by atoms with E-state index in [1.165, 1.54) is 22.4 Å². The van der Waals surface area contributed by atoms with Crippen molar-refractivity contribution in [3.05, 3.63) is 242 Å². The number of benzene rings is 6. The molecule has 0 fully saturated rings. The van der Waals surface area contributed by atoms with E-state index in [1.54, 1.807) is 12.4 Å². The van der Waals surface area contributed by atoms with Gasteiger partial charge >= 0.3 is 26.9 Å². The number of aromatic nitrogens is 6. The molecule has 9 heteroatoms. The van der Waals surface area contributed by atoms with Gasteiger partial charge in [-0.15, -0.1) is 35.0 Å². The SMILES string of the molecule is [Pt+2].[c-]1c(Oc2[c-]c3c(cc2)c2ccccc2n3-c2ccccn2)ccc2c3ccccc3n(-c3ccccn3)c12.c1ccc2c(c1)C[n+]1ccccc1-2.c1ccc2c(c1)C[n+]1ccccc1O2. The zero-order valence-electron chi connectivity index (χ0n) is 36.0. The van der Waals surface area contributed by atoms with Gasteiger partial charge in [0.05, 0.1) is 17.2 Å². The second-order valence-corrected chi connectivity index (χ2v) is 16.1. The summed E-state index contributed by atoms with van der Waals surface area (Å²) in [5.41, 5.74) is 9.35. The van der Waals surface area contributed by atoms with Crippen molar-refractivity contribution in [2.75, 3.05) is 0 Å². The minimum atomic E-state index is 0. The van der Waals surface area contributed by atoms with Crippen molar-refractivity contribution in [3.8, 4) is 46.0 Å². The quantitative estimate of drug-likeness (QED) is 0.130. The molecule has 0 atom stereocenters. The third-order valence-corrected chi connectivity index (χ3v) is 12.1. The first-order chi connectivity index (χ1) is 32.7. The van der Waals surface area contributed by atoms with Crippen LogP contribution in [0, 0.1) is 12.1 Å². The van der Waals surface area contributed by atoms with E-state index in [-0.39, 0.29) is 21.1 Å². The van der Waals surface area contributed by atoms with E-state index in [9.17, 15) is 0 Å². The summed E-state index contributed by atoms with van der Waals surface area (Å²) in [4.78, 5) is 9.23. The standard InChI is InChI=1S/C34H20N4O.C12H10NO.C12H10N.Pt/c1-3-11-29-25(9-1)27-17-15-23(21-31(27)37(29)33-13-5-7-19-35-33)39-24-16-18-28-26-10-2-4-12-30(26)38(32(28)22-24)34-14-6-8-20-36-34;1-2-6-11-10(5-1)9-13-8-4-3-7-12(13)14-11;1-2-6-11-10(5-1)9-13-8-4-3-7-12(11)13;/h1-20H;1-8H,9H2;1-8H,9H2;/q-2;2*+1;+2. The molecule has 0 spiro atoms. The van der Waals surface area contributed by atoms with Crippen molar-refractivity contribution in [2.24, 2.45) is 0 Å². The number of nitrogens with zero attached hydrogens (tertiary/aromatic N) is 6. The maximum absolute atomic E-state index is 6.39. The molecule has 6 aromatic heterocycles. The van der Waals surface area contributed by atoms with Gasteiger partial charge in [-0.25, -0.2) is 9.97 Å². The van der Waals surface area contributed by atoms with Gasteiger partial charge in [0.1, 0.15) is 17.4 Å². The van der Waals surface area contributed by atoms with E-state index in [2.05, 4.69) is 144 Å². The van der Waals surface area contributed by atoms with Crippen molar-refractivity contribution >= 4 is 43.6 Å². The largest absolute Gasteiger partial charge is 2.00 e. The van der Waals surface area contributed by atoms with Crippen LogP contribution in [-0.2, 0) is 34.2 Å². The first kappa shape index (κ1) is 41.5. The molecule has 2 aliphatic heterocycles. The Morgan fingerprint density at radius 2 is 0.985 bits per heavy atom. The predicted octanol–water partition coefficient (Wildman–Crippen LogP) is 12.2. The molecule has 8 heterocycles. The molecule has 8 nitrogen and oxygen atoms in total. The molecule has 14 rings (SSSR count). The van der Waals surface area contributed by atoms with E-state index in [4.69, 9.17) is 9.47 Å². The number of hydrogen-bond donors (Lipinski definition) is 0. The molecule has 0 bridgehead atoms. The molecule has 12 aromatic rings. The number of fused-ring (bicyclic) bond motifs is 11. The van der Waals surface area contributed by atoms with Crippen LogP contribution in [-0.4, -0.2) is 19.1 Å². The summed E-state index contributed by atoms with van der Waals surface area (Å²) in [5, 5.41) is 4.49. The van der Waals surface area contributed by atoms with Gasteiger partial charge in [-0.2, -0.15) is 21.3 Å². The summed E-state index contributed by atoms with van der Waals surface area (Å²) >= 11 is 0. The molecule has 0 saturated carbocycles. The Hall–Kier alpha value is -8.19. The normalized spacial score (nSPS) is 11.8. The summed E-state index contributed by atoms with van der Waals surface area (Å²) in [6.07, 6.45) is 7.78. The predicted molar refractivity (Wildman–Crippen MR) is 258 cm³/mol. The maximum Gasteiger partial charge on any atom is 2.00 e. The van der Waals surface area contributed by atoms with Gasteiger partial charge in [0.15, 0.2) is 25.5 Å². The molecule has 67 heavy (non-hydrogen) atoms. The number of para-hydroxylation sites is 3. The van der Waals surface area contributed by atoms with Crippen molar-refractivity contribution in [3.63, 3.8) is 0 Å². The Morgan fingerprint density at radius 1 is 0.463 bits per heavy atom. The Kier molecular flexibility index (Phi) is 11.2. The molecule has 322 valence electrons. The number of pyridine rings is 4. The van der Waals surface area contributed by atoms with E-state index in [0.717, 1.165) is 80.0 Å². The number of ether oxygens (including phenoxy) is 2. The second kappa shape index (κ2) is 18.0. The molecule has 0 radical (unpaired) electrons. The van der Waals surface area contributed by atoms with Crippen LogP contribution in [0.4, 0.5) is 0 Å². The van der Waals surface area contributed by atoms with Crippen molar-refractivity contribution in [1.29, 1.82) is 0 Å². The summed E-state index contributed by atoms with van der Waals surface area (Å²) in [6.45, 7) is 1.92. The van der Waals surface area contributed by atoms with Crippen LogP contribution >= 0.6 is 0 Å². The minimum absolute atomic E-state index is 0. The zero-order chi connectivity index (χ0) is 43.8. The van der Waals surface area contributed by atoms with Crippen LogP contribution in [0.1, 0.15) is 11.1 Å². The van der Waals surface area contributed by atoms with Crippen molar-refractivity contribution < 1.29 is 39.7 Å². The number of rotatable bonds is 4. The van der Waals surface area contributed by atoms with Gasteiger partial charge in [-0.1, -0.05) is 89.9 Å². The van der Waals surface area contributed by atoms with E-state index >= 15 is 0 Å². The minimum Gasteiger partial charge on any atom is -0.509 e. The van der Waals surface area contributed by atoms with Gasteiger partial charge in [-0.3, -0.25) is 0 Å². The third kappa shape index (κ3) is 7.81. The molecule has 0 unspecified atom stereocenters. The summed E-state index contributed by atoms with van der Waals surface area (Å²) in [6, 6.07) is 72.7. The molecule has 6 aromatic carbocycles. The van der Waals surface area contributed by atoms with Gasteiger partial charge in [-0.05, 0) is 77.5 Å². The van der Waals surface area contributed by atoms with Crippen LogP contribution in [0.2, 0.25) is 0 Å². The van der Waals surface area contributed by atoms with Crippen LogP contribution < -0.4 is 18.6 Å². The average Bonchev–Trinajstić information content (AvgIpc) is 4.04. The third-order valence-electron chi connectivity index (χ3n) is 12.1. The van der Waals surface area contributed by atoms with E-state index in [0.29, 0.717) is 11.5 Å². The van der Waals surface area contributed by atoms with Gasteiger partial charge < -0.3 is 18.6 Å². The molecule has 0 N–H and O–H groups in total. The van der Waals surface area contributed by atoms with Crippen LogP contribution in [0.5, 0.6) is 23.1 Å². The molecule has 2 aliphatic rings. The fourth-order valence-electron chi connectivity index (χ4n) is 9.10. The van der Waals surface area contributed by atoms with Crippen molar-refractivity contribution in [1.82, 2.24) is 19.1 Å². The monoisotopic (exact) mass is 1050 g/mol. The Bertz CT molecular complexity index is 3450. The fraction of sp³-hybridized carbons (Fsp3) is 0.0345. The topological polar surface area (TPSA) is 61.9 Å². The Balaban J connectivity index is 0.000000143. The number of hydrogen-bond acceptors (Lipinski definition) is 4. The molecule has 0 aliphatic carbocycles.